The van der Waals surface area contributed by atoms with Gasteiger partial charge in [0.1, 0.15) is 0 Å². The molecule has 0 aliphatic carbocycles. The van der Waals surface area contributed by atoms with E-state index in [0.29, 0.717) is 11.4 Å². The standard InChI is InChI=1S/C11H16N2O2S/c1-3-13(2)16(14,15)11-5-4-9-7-12-8-10(9)6-11/h4-6,12H,3,7-8H2,1-2H3. The molecule has 1 heterocycles. The highest BCUT2D eigenvalue weighted by molar-refractivity contribution is 7.89. The van der Waals surface area contributed by atoms with Crippen molar-refractivity contribution in [3.05, 3.63) is 29.3 Å². The van der Waals surface area contributed by atoms with Crippen LogP contribution in [-0.4, -0.2) is 26.3 Å². The summed E-state index contributed by atoms with van der Waals surface area (Å²) in [6.45, 7) is 3.90. The Labute approximate surface area is 96.3 Å². The van der Waals surface area contributed by atoms with Crippen LogP contribution in [0.4, 0.5) is 0 Å². The molecule has 1 aromatic carbocycles. The van der Waals surface area contributed by atoms with E-state index in [9.17, 15) is 8.42 Å². The van der Waals surface area contributed by atoms with Crippen molar-refractivity contribution in [1.82, 2.24) is 9.62 Å². The molecule has 1 aliphatic heterocycles. The zero-order valence-electron chi connectivity index (χ0n) is 9.53. The average molecular weight is 240 g/mol. The molecule has 5 heteroatoms. The number of hydrogen-bond donors (Lipinski definition) is 1. The molecule has 0 amide bonds. The van der Waals surface area contributed by atoms with Gasteiger partial charge < -0.3 is 5.32 Å². The van der Waals surface area contributed by atoms with Gasteiger partial charge in [0.05, 0.1) is 4.90 Å². The molecular weight excluding hydrogens is 224 g/mol. The fourth-order valence-electron chi connectivity index (χ4n) is 1.78. The average Bonchev–Trinajstić information content (AvgIpc) is 2.74. The van der Waals surface area contributed by atoms with Crippen LogP contribution in [-0.2, 0) is 23.1 Å². The highest BCUT2D eigenvalue weighted by atomic mass is 32.2. The Balaban J connectivity index is 2.42. The molecule has 0 aromatic heterocycles. The third-order valence-electron chi connectivity index (χ3n) is 2.96. The first kappa shape index (κ1) is 11.6. The fourth-order valence-corrected chi connectivity index (χ4v) is 3.01. The predicted molar refractivity (Wildman–Crippen MR) is 62.5 cm³/mol. The summed E-state index contributed by atoms with van der Waals surface area (Å²) in [5.41, 5.74) is 2.28. The number of nitrogens with zero attached hydrogens (tertiary/aromatic N) is 1. The lowest BCUT2D eigenvalue weighted by atomic mass is 10.1. The summed E-state index contributed by atoms with van der Waals surface area (Å²) in [5.74, 6) is 0. The minimum atomic E-state index is -3.31. The summed E-state index contributed by atoms with van der Waals surface area (Å²) in [6.07, 6.45) is 0. The van der Waals surface area contributed by atoms with E-state index in [1.165, 1.54) is 9.87 Å². The molecule has 0 unspecified atom stereocenters. The molecule has 0 saturated heterocycles. The quantitative estimate of drug-likeness (QED) is 0.855. The van der Waals surface area contributed by atoms with Gasteiger partial charge in [-0.25, -0.2) is 12.7 Å². The molecule has 16 heavy (non-hydrogen) atoms. The van der Waals surface area contributed by atoms with Crippen molar-refractivity contribution < 1.29 is 8.42 Å². The van der Waals surface area contributed by atoms with Gasteiger partial charge in [-0.1, -0.05) is 13.0 Å². The van der Waals surface area contributed by atoms with E-state index in [2.05, 4.69) is 5.32 Å². The third-order valence-corrected chi connectivity index (χ3v) is 4.89. The molecule has 0 fully saturated rings. The summed E-state index contributed by atoms with van der Waals surface area (Å²) in [4.78, 5) is 0.388. The van der Waals surface area contributed by atoms with Crippen molar-refractivity contribution in [3.63, 3.8) is 0 Å². The molecule has 1 N–H and O–H groups in total. The zero-order valence-corrected chi connectivity index (χ0v) is 10.3. The van der Waals surface area contributed by atoms with Crippen LogP contribution >= 0.6 is 0 Å². The second-order valence-electron chi connectivity index (χ2n) is 3.95. The number of nitrogens with one attached hydrogen (secondary N) is 1. The van der Waals surface area contributed by atoms with Crippen LogP contribution in [0.5, 0.6) is 0 Å². The van der Waals surface area contributed by atoms with Crippen molar-refractivity contribution in [1.29, 1.82) is 0 Å². The van der Waals surface area contributed by atoms with Crippen molar-refractivity contribution in [2.75, 3.05) is 13.6 Å². The van der Waals surface area contributed by atoms with Crippen molar-refractivity contribution in [3.8, 4) is 0 Å². The van der Waals surface area contributed by atoms with Gasteiger partial charge in [0.25, 0.3) is 0 Å². The third kappa shape index (κ3) is 1.86. The molecule has 4 nitrogen and oxygen atoms in total. The van der Waals surface area contributed by atoms with Gasteiger partial charge in [0.15, 0.2) is 0 Å². The van der Waals surface area contributed by atoms with Crippen molar-refractivity contribution in [2.24, 2.45) is 0 Å². The topological polar surface area (TPSA) is 49.4 Å². The van der Waals surface area contributed by atoms with Crippen LogP contribution < -0.4 is 5.32 Å². The smallest absolute Gasteiger partial charge is 0.242 e. The molecule has 0 bridgehead atoms. The molecule has 0 radical (unpaired) electrons. The summed E-state index contributed by atoms with van der Waals surface area (Å²) < 4.78 is 25.5. The summed E-state index contributed by atoms with van der Waals surface area (Å²) in [5, 5.41) is 3.20. The van der Waals surface area contributed by atoms with Gasteiger partial charge >= 0.3 is 0 Å². The molecule has 0 saturated carbocycles. The molecule has 1 aliphatic rings. The Hall–Kier alpha value is -0.910. The van der Waals surface area contributed by atoms with E-state index in [4.69, 9.17) is 0 Å². The largest absolute Gasteiger partial charge is 0.309 e. The Bertz CT molecular complexity index is 497. The van der Waals surface area contributed by atoms with Crippen LogP contribution in [0.25, 0.3) is 0 Å². The Morgan fingerprint density at radius 1 is 1.31 bits per heavy atom. The van der Waals surface area contributed by atoms with Crippen molar-refractivity contribution >= 4 is 10.0 Å². The zero-order chi connectivity index (χ0) is 11.8. The van der Waals surface area contributed by atoms with Crippen LogP contribution in [0.2, 0.25) is 0 Å². The molecule has 0 spiro atoms. The Kier molecular flexibility index (Phi) is 3.01. The molecular formula is C11H16N2O2S. The lowest BCUT2D eigenvalue weighted by Crippen LogP contribution is -2.26. The Morgan fingerprint density at radius 3 is 2.69 bits per heavy atom. The lowest BCUT2D eigenvalue weighted by Gasteiger charge is -2.15. The number of sulfonamides is 1. The SMILES string of the molecule is CCN(C)S(=O)(=O)c1ccc2c(c1)CNC2. The minimum Gasteiger partial charge on any atom is -0.309 e. The van der Waals surface area contributed by atoms with E-state index < -0.39 is 10.0 Å². The van der Waals surface area contributed by atoms with Gasteiger partial charge in [-0.15, -0.1) is 0 Å². The first-order chi connectivity index (χ1) is 7.55. The van der Waals surface area contributed by atoms with E-state index in [-0.39, 0.29) is 0 Å². The summed E-state index contributed by atoms with van der Waals surface area (Å²) in [7, 11) is -1.71. The first-order valence-electron chi connectivity index (χ1n) is 5.34. The number of hydrogen-bond acceptors (Lipinski definition) is 3. The second-order valence-corrected chi connectivity index (χ2v) is 6.00. The minimum absolute atomic E-state index is 0.388. The maximum Gasteiger partial charge on any atom is 0.242 e. The van der Waals surface area contributed by atoms with Crippen LogP contribution in [0, 0.1) is 0 Å². The van der Waals surface area contributed by atoms with E-state index in [0.717, 1.165) is 18.7 Å². The molecule has 0 atom stereocenters. The first-order valence-corrected chi connectivity index (χ1v) is 6.78. The number of rotatable bonds is 3. The summed E-state index contributed by atoms with van der Waals surface area (Å²) >= 11 is 0. The monoisotopic (exact) mass is 240 g/mol. The van der Waals surface area contributed by atoms with E-state index >= 15 is 0 Å². The lowest BCUT2D eigenvalue weighted by molar-refractivity contribution is 0.486. The van der Waals surface area contributed by atoms with Gasteiger partial charge in [0.2, 0.25) is 10.0 Å². The van der Waals surface area contributed by atoms with Gasteiger partial charge in [-0.05, 0) is 23.3 Å². The fraction of sp³-hybridized carbons (Fsp3) is 0.455. The summed E-state index contributed by atoms with van der Waals surface area (Å²) in [6, 6.07) is 5.36. The molecule has 2 rings (SSSR count). The van der Waals surface area contributed by atoms with E-state index in [1.807, 2.05) is 13.0 Å². The van der Waals surface area contributed by atoms with Gasteiger partial charge in [-0.2, -0.15) is 0 Å². The maximum atomic E-state index is 12.1. The Morgan fingerprint density at radius 2 is 2.00 bits per heavy atom. The van der Waals surface area contributed by atoms with Gasteiger partial charge in [-0.3, -0.25) is 0 Å². The van der Waals surface area contributed by atoms with Gasteiger partial charge in [0, 0.05) is 26.7 Å². The normalized spacial score (nSPS) is 15.4. The number of fused-ring (bicyclic) bond motifs is 1. The highest BCUT2D eigenvalue weighted by Crippen LogP contribution is 2.21. The highest BCUT2D eigenvalue weighted by Gasteiger charge is 2.21. The number of benzene rings is 1. The van der Waals surface area contributed by atoms with Crippen molar-refractivity contribution in [2.45, 2.75) is 24.9 Å². The van der Waals surface area contributed by atoms with Crippen LogP contribution in [0.1, 0.15) is 18.1 Å². The second kappa shape index (κ2) is 4.16. The predicted octanol–water partition coefficient (Wildman–Crippen LogP) is 0.930. The molecule has 88 valence electrons. The molecule has 1 aromatic rings. The van der Waals surface area contributed by atoms with Crippen LogP contribution in [0.15, 0.2) is 23.1 Å². The van der Waals surface area contributed by atoms with E-state index in [1.54, 1.807) is 19.2 Å². The van der Waals surface area contributed by atoms with Crippen LogP contribution in [0.3, 0.4) is 0 Å². The maximum absolute atomic E-state index is 12.1.